The van der Waals surface area contributed by atoms with Crippen LogP contribution in [0.5, 0.6) is 0 Å². The summed E-state index contributed by atoms with van der Waals surface area (Å²) in [5.74, 6) is 0.796. The average molecular weight is 344 g/mol. The van der Waals surface area contributed by atoms with E-state index in [4.69, 9.17) is 29.6 Å². The van der Waals surface area contributed by atoms with Crippen molar-refractivity contribution in [1.29, 1.82) is 0 Å². The molecule has 3 aromatic rings. The maximum Gasteiger partial charge on any atom is 0.184 e. The average Bonchev–Trinajstić information content (AvgIpc) is 2.96. The third-order valence-corrected chi connectivity index (χ3v) is 3.69. The van der Waals surface area contributed by atoms with Crippen LogP contribution >= 0.6 is 23.8 Å². The standard InChI is InChI=1S/C16H14ClN5S/c1-9(21-22-16(18)23)11-4-7-13-14(8-11)20-15(19-13)10-2-5-12(17)6-3-10/h2-8H,1H3,(H,19,20)(H3,18,22,23)/b21-9-. The fraction of sp³-hybridized carbons (Fsp3) is 0.0625. The topological polar surface area (TPSA) is 79.1 Å². The Morgan fingerprint density at radius 1 is 1.26 bits per heavy atom. The van der Waals surface area contributed by atoms with E-state index in [1.165, 1.54) is 0 Å². The van der Waals surface area contributed by atoms with Gasteiger partial charge in [0.15, 0.2) is 5.11 Å². The highest BCUT2D eigenvalue weighted by Crippen LogP contribution is 2.23. The molecule has 0 fully saturated rings. The van der Waals surface area contributed by atoms with Crippen LogP contribution in [0.25, 0.3) is 22.4 Å². The van der Waals surface area contributed by atoms with E-state index in [9.17, 15) is 0 Å². The molecule has 0 spiro atoms. The molecule has 23 heavy (non-hydrogen) atoms. The molecule has 116 valence electrons. The monoisotopic (exact) mass is 343 g/mol. The second-order valence-electron chi connectivity index (χ2n) is 5.00. The van der Waals surface area contributed by atoms with Crippen molar-refractivity contribution in [2.24, 2.45) is 10.8 Å². The summed E-state index contributed by atoms with van der Waals surface area (Å²) >= 11 is 10.7. The van der Waals surface area contributed by atoms with Crippen LogP contribution in [0.15, 0.2) is 47.6 Å². The van der Waals surface area contributed by atoms with Gasteiger partial charge in [0.25, 0.3) is 0 Å². The summed E-state index contributed by atoms with van der Waals surface area (Å²) in [6, 6.07) is 13.4. The highest BCUT2D eigenvalue weighted by molar-refractivity contribution is 7.80. The van der Waals surface area contributed by atoms with E-state index in [0.717, 1.165) is 33.7 Å². The molecule has 0 atom stereocenters. The van der Waals surface area contributed by atoms with Crippen LogP contribution in [0.1, 0.15) is 12.5 Å². The van der Waals surface area contributed by atoms with Crippen molar-refractivity contribution < 1.29 is 0 Å². The van der Waals surface area contributed by atoms with Crippen molar-refractivity contribution in [2.45, 2.75) is 6.92 Å². The third kappa shape index (κ3) is 3.49. The minimum absolute atomic E-state index is 0.136. The molecule has 0 bridgehead atoms. The van der Waals surface area contributed by atoms with Gasteiger partial charge in [0, 0.05) is 10.6 Å². The number of aromatic nitrogens is 2. The van der Waals surface area contributed by atoms with E-state index >= 15 is 0 Å². The maximum atomic E-state index is 5.92. The number of halogens is 1. The van der Waals surface area contributed by atoms with Crippen LogP contribution < -0.4 is 11.2 Å². The fourth-order valence-corrected chi connectivity index (χ4v) is 2.35. The molecule has 1 heterocycles. The maximum absolute atomic E-state index is 5.92. The van der Waals surface area contributed by atoms with E-state index in [1.54, 1.807) is 0 Å². The summed E-state index contributed by atoms with van der Waals surface area (Å²) in [4.78, 5) is 7.90. The number of hydrogen-bond donors (Lipinski definition) is 3. The Balaban J connectivity index is 1.96. The minimum Gasteiger partial charge on any atom is -0.375 e. The molecule has 0 amide bonds. The summed E-state index contributed by atoms with van der Waals surface area (Å²) in [6.07, 6.45) is 0. The lowest BCUT2D eigenvalue weighted by Gasteiger charge is -2.01. The molecule has 0 aliphatic rings. The lowest BCUT2D eigenvalue weighted by atomic mass is 10.1. The number of thiocarbonyl (C=S) groups is 1. The number of imidazole rings is 1. The summed E-state index contributed by atoms with van der Waals surface area (Å²) in [5, 5.41) is 4.96. The van der Waals surface area contributed by atoms with Gasteiger partial charge in [0.1, 0.15) is 5.82 Å². The minimum atomic E-state index is 0.136. The SMILES string of the molecule is C/C(=N/NC(N)=S)c1ccc2nc(-c3ccc(Cl)cc3)[nH]c2c1. The first kappa shape index (κ1) is 15.5. The molecule has 5 nitrogen and oxygen atoms in total. The van der Waals surface area contributed by atoms with Gasteiger partial charge in [-0.05, 0) is 61.1 Å². The number of hydrogen-bond acceptors (Lipinski definition) is 3. The van der Waals surface area contributed by atoms with Crippen molar-refractivity contribution in [3.8, 4) is 11.4 Å². The predicted molar refractivity (Wildman–Crippen MR) is 98.7 cm³/mol. The highest BCUT2D eigenvalue weighted by atomic mass is 35.5. The quantitative estimate of drug-likeness (QED) is 0.386. The molecule has 0 aliphatic heterocycles. The first-order valence-corrected chi connectivity index (χ1v) is 7.67. The Morgan fingerprint density at radius 3 is 2.70 bits per heavy atom. The van der Waals surface area contributed by atoms with Gasteiger partial charge in [-0.3, -0.25) is 5.43 Å². The lowest BCUT2D eigenvalue weighted by Crippen LogP contribution is -2.25. The zero-order valence-electron chi connectivity index (χ0n) is 12.3. The molecule has 0 unspecified atom stereocenters. The number of H-pyrrole nitrogens is 1. The zero-order valence-corrected chi connectivity index (χ0v) is 13.9. The number of rotatable bonds is 3. The summed E-state index contributed by atoms with van der Waals surface area (Å²) in [7, 11) is 0. The Hall–Kier alpha value is -2.44. The highest BCUT2D eigenvalue weighted by Gasteiger charge is 2.07. The number of nitrogens with zero attached hydrogens (tertiary/aromatic N) is 2. The van der Waals surface area contributed by atoms with Crippen LogP contribution in [-0.4, -0.2) is 20.8 Å². The van der Waals surface area contributed by atoms with Crippen molar-refractivity contribution in [2.75, 3.05) is 0 Å². The zero-order chi connectivity index (χ0) is 16.4. The van der Waals surface area contributed by atoms with E-state index < -0.39 is 0 Å². The second-order valence-corrected chi connectivity index (χ2v) is 5.87. The van der Waals surface area contributed by atoms with Crippen molar-refractivity contribution in [3.63, 3.8) is 0 Å². The Bertz CT molecular complexity index is 898. The van der Waals surface area contributed by atoms with Gasteiger partial charge in [-0.1, -0.05) is 17.7 Å². The predicted octanol–water partition coefficient (Wildman–Crippen LogP) is 3.44. The molecular formula is C16H14ClN5S. The molecule has 3 rings (SSSR count). The van der Waals surface area contributed by atoms with Gasteiger partial charge < -0.3 is 10.7 Å². The molecule has 7 heteroatoms. The number of nitrogens with one attached hydrogen (secondary N) is 2. The molecule has 4 N–H and O–H groups in total. The first-order chi connectivity index (χ1) is 11.0. The van der Waals surface area contributed by atoms with Gasteiger partial charge in [0.05, 0.1) is 16.7 Å². The van der Waals surface area contributed by atoms with E-state index in [1.807, 2.05) is 49.4 Å². The molecule has 0 saturated carbocycles. The Labute approximate surface area is 143 Å². The summed E-state index contributed by atoms with van der Waals surface area (Å²) in [6.45, 7) is 1.88. The van der Waals surface area contributed by atoms with Crippen molar-refractivity contribution in [1.82, 2.24) is 15.4 Å². The number of nitrogens with two attached hydrogens (primary N) is 1. The van der Waals surface area contributed by atoms with Crippen LogP contribution in [0, 0.1) is 0 Å². The van der Waals surface area contributed by atoms with Gasteiger partial charge >= 0.3 is 0 Å². The Kier molecular flexibility index (Phi) is 4.27. The van der Waals surface area contributed by atoms with E-state index in [-0.39, 0.29) is 5.11 Å². The van der Waals surface area contributed by atoms with Crippen LogP contribution in [-0.2, 0) is 0 Å². The Morgan fingerprint density at radius 2 is 2.00 bits per heavy atom. The fourth-order valence-electron chi connectivity index (χ4n) is 2.18. The smallest absolute Gasteiger partial charge is 0.184 e. The van der Waals surface area contributed by atoms with Gasteiger partial charge in [-0.15, -0.1) is 0 Å². The largest absolute Gasteiger partial charge is 0.375 e. The third-order valence-electron chi connectivity index (χ3n) is 3.35. The van der Waals surface area contributed by atoms with Gasteiger partial charge in [0.2, 0.25) is 0 Å². The van der Waals surface area contributed by atoms with Crippen LogP contribution in [0.4, 0.5) is 0 Å². The van der Waals surface area contributed by atoms with Crippen molar-refractivity contribution in [3.05, 3.63) is 53.1 Å². The molecule has 1 aromatic heterocycles. The molecule has 2 aromatic carbocycles. The second kappa shape index (κ2) is 6.36. The van der Waals surface area contributed by atoms with Crippen molar-refractivity contribution >= 4 is 45.7 Å². The molecule has 0 saturated heterocycles. The summed E-state index contributed by atoms with van der Waals surface area (Å²) in [5.41, 5.74) is 12.5. The number of fused-ring (bicyclic) bond motifs is 1. The number of aromatic amines is 1. The van der Waals surface area contributed by atoms with E-state index in [0.29, 0.717) is 5.02 Å². The van der Waals surface area contributed by atoms with Gasteiger partial charge in [-0.25, -0.2) is 4.98 Å². The normalized spacial score (nSPS) is 11.7. The number of benzene rings is 2. The first-order valence-electron chi connectivity index (χ1n) is 6.89. The van der Waals surface area contributed by atoms with Crippen LogP contribution in [0.3, 0.4) is 0 Å². The summed E-state index contributed by atoms with van der Waals surface area (Å²) < 4.78 is 0. The molecule has 0 radical (unpaired) electrons. The molecule has 0 aliphatic carbocycles. The molecular weight excluding hydrogens is 330 g/mol. The lowest BCUT2D eigenvalue weighted by molar-refractivity contribution is 1.03. The number of hydrazone groups is 1. The van der Waals surface area contributed by atoms with Crippen LogP contribution in [0.2, 0.25) is 5.02 Å². The van der Waals surface area contributed by atoms with E-state index in [2.05, 4.69) is 20.5 Å². The van der Waals surface area contributed by atoms with Gasteiger partial charge in [-0.2, -0.15) is 5.10 Å².